The summed E-state index contributed by atoms with van der Waals surface area (Å²) in [6.45, 7) is 1.80. The predicted molar refractivity (Wildman–Crippen MR) is 73.6 cm³/mol. The summed E-state index contributed by atoms with van der Waals surface area (Å²) < 4.78 is 18.2. The lowest BCUT2D eigenvalue weighted by Gasteiger charge is -2.03. The maximum absolute atomic E-state index is 13.2. The number of halogens is 1. The Morgan fingerprint density at radius 3 is 3.05 bits per heavy atom. The molecule has 1 aliphatic rings. The summed E-state index contributed by atoms with van der Waals surface area (Å²) in [6, 6.07) is 3.49. The van der Waals surface area contributed by atoms with Crippen LogP contribution in [0.1, 0.15) is 42.3 Å². The monoisotopic (exact) mass is 292 g/mol. The summed E-state index contributed by atoms with van der Waals surface area (Å²) in [5.74, 6) is 0.902. The molecule has 1 saturated carbocycles. The van der Waals surface area contributed by atoms with E-state index in [-0.39, 0.29) is 18.2 Å². The molecule has 2 aromatic rings. The van der Waals surface area contributed by atoms with Gasteiger partial charge in [-0.15, -0.1) is 0 Å². The van der Waals surface area contributed by atoms with Gasteiger partial charge in [-0.2, -0.15) is 5.10 Å². The lowest BCUT2D eigenvalue weighted by Crippen LogP contribution is -2.14. The van der Waals surface area contributed by atoms with E-state index in [9.17, 15) is 9.18 Å². The third-order valence-electron chi connectivity index (χ3n) is 3.69. The number of carbonyl (C=O) groups is 1. The fourth-order valence-electron chi connectivity index (χ4n) is 2.66. The number of aryl methyl sites for hydroxylation is 1. The van der Waals surface area contributed by atoms with Crippen LogP contribution in [0.3, 0.4) is 0 Å². The highest BCUT2D eigenvalue weighted by Gasteiger charge is 2.27. The predicted octanol–water partition coefficient (Wildman–Crippen LogP) is 2.49. The molecule has 21 heavy (non-hydrogen) atoms. The zero-order chi connectivity index (χ0) is 14.8. The summed E-state index contributed by atoms with van der Waals surface area (Å²) in [4.78, 5) is 11.9. The minimum absolute atomic E-state index is 0.110. The molecule has 2 aromatic heterocycles. The van der Waals surface area contributed by atoms with E-state index < -0.39 is 6.17 Å². The van der Waals surface area contributed by atoms with E-state index in [1.165, 1.54) is 0 Å². The Bertz CT molecular complexity index is 636. The lowest BCUT2D eigenvalue weighted by molar-refractivity contribution is -0.115. The van der Waals surface area contributed by atoms with E-state index in [4.69, 9.17) is 4.52 Å². The molecule has 0 spiro atoms. The highest BCUT2D eigenvalue weighted by molar-refractivity contribution is 5.91. The van der Waals surface area contributed by atoms with Gasteiger partial charge < -0.3 is 9.84 Å². The van der Waals surface area contributed by atoms with E-state index >= 15 is 0 Å². The SMILES string of the molecule is Cc1cc(CC(=O)Nc2cc([C@H]3CC[C@H](F)C3)[nH]n2)on1. The van der Waals surface area contributed by atoms with Gasteiger partial charge >= 0.3 is 0 Å². The quantitative estimate of drug-likeness (QED) is 0.906. The first-order valence-corrected chi connectivity index (χ1v) is 7.01. The molecule has 2 atom stereocenters. The molecule has 0 saturated heterocycles. The fourth-order valence-corrected chi connectivity index (χ4v) is 2.66. The molecule has 1 aliphatic carbocycles. The van der Waals surface area contributed by atoms with Crippen molar-refractivity contribution in [3.63, 3.8) is 0 Å². The third kappa shape index (κ3) is 3.29. The molecule has 0 aliphatic heterocycles. The van der Waals surface area contributed by atoms with Crippen molar-refractivity contribution in [3.05, 3.63) is 29.3 Å². The van der Waals surface area contributed by atoms with Crippen LogP contribution in [0.25, 0.3) is 0 Å². The van der Waals surface area contributed by atoms with Gasteiger partial charge in [0, 0.05) is 23.7 Å². The molecule has 112 valence electrons. The second-order valence-corrected chi connectivity index (χ2v) is 5.48. The van der Waals surface area contributed by atoms with Gasteiger partial charge in [0.1, 0.15) is 11.9 Å². The number of rotatable bonds is 4. The topological polar surface area (TPSA) is 83.8 Å². The van der Waals surface area contributed by atoms with Crippen LogP contribution in [-0.4, -0.2) is 27.4 Å². The average Bonchev–Trinajstić information content (AvgIpc) is 3.12. The summed E-state index contributed by atoms with van der Waals surface area (Å²) in [6.07, 6.45) is 1.31. The number of amides is 1. The number of hydrogen-bond donors (Lipinski definition) is 2. The Balaban J connectivity index is 1.58. The molecule has 0 unspecified atom stereocenters. The maximum atomic E-state index is 13.2. The van der Waals surface area contributed by atoms with E-state index in [0.717, 1.165) is 17.8 Å². The van der Waals surface area contributed by atoms with Crippen molar-refractivity contribution < 1.29 is 13.7 Å². The van der Waals surface area contributed by atoms with Crippen molar-refractivity contribution in [2.75, 3.05) is 5.32 Å². The zero-order valence-corrected chi connectivity index (χ0v) is 11.7. The summed E-state index contributed by atoms with van der Waals surface area (Å²) in [7, 11) is 0. The molecule has 0 aromatic carbocycles. The van der Waals surface area contributed by atoms with E-state index in [0.29, 0.717) is 24.4 Å². The van der Waals surface area contributed by atoms with Crippen molar-refractivity contribution in [2.24, 2.45) is 0 Å². The van der Waals surface area contributed by atoms with Crippen LogP contribution in [0.4, 0.5) is 10.2 Å². The van der Waals surface area contributed by atoms with Crippen LogP contribution in [0, 0.1) is 6.92 Å². The van der Waals surface area contributed by atoms with E-state index in [1.54, 1.807) is 19.1 Å². The van der Waals surface area contributed by atoms with Crippen molar-refractivity contribution in [3.8, 4) is 0 Å². The van der Waals surface area contributed by atoms with Gasteiger partial charge in [-0.05, 0) is 26.2 Å². The molecule has 6 nitrogen and oxygen atoms in total. The fraction of sp³-hybridized carbons (Fsp3) is 0.500. The van der Waals surface area contributed by atoms with Crippen LogP contribution in [-0.2, 0) is 11.2 Å². The molecule has 1 amide bonds. The largest absolute Gasteiger partial charge is 0.361 e. The van der Waals surface area contributed by atoms with Crippen molar-refractivity contribution in [2.45, 2.75) is 44.7 Å². The van der Waals surface area contributed by atoms with Crippen LogP contribution >= 0.6 is 0 Å². The lowest BCUT2D eigenvalue weighted by atomic mass is 10.0. The van der Waals surface area contributed by atoms with Gasteiger partial charge in [0.25, 0.3) is 0 Å². The van der Waals surface area contributed by atoms with Crippen LogP contribution in [0.15, 0.2) is 16.7 Å². The highest BCUT2D eigenvalue weighted by Crippen LogP contribution is 2.35. The Morgan fingerprint density at radius 1 is 1.52 bits per heavy atom. The zero-order valence-electron chi connectivity index (χ0n) is 11.7. The number of H-pyrrole nitrogens is 1. The number of nitrogens with one attached hydrogen (secondary N) is 2. The van der Waals surface area contributed by atoms with Crippen molar-refractivity contribution in [1.82, 2.24) is 15.4 Å². The van der Waals surface area contributed by atoms with Crippen molar-refractivity contribution >= 4 is 11.7 Å². The maximum Gasteiger partial charge on any atom is 0.233 e. The van der Waals surface area contributed by atoms with Gasteiger partial charge in [0.15, 0.2) is 5.82 Å². The highest BCUT2D eigenvalue weighted by atomic mass is 19.1. The van der Waals surface area contributed by atoms with Crippen LogP contribution in [0.2, 0.25) is 0 Å². The Hall–Kier alpha value is -2.18. The van der Waals surface area contributed by atoms with Crippen molar-refractivity contribution in [1.29, 1.82) is 0 Å². The second-order valence-electron chi connectivity index (χ2n) is 5.48. The number of anilines is 1. The van der Waals surface area contributed by atoms with Crippen LogP contribution < -0.4 is 5.32 Å². The van der Waals surface area contributed by atoms with Gasteiger partial charge in [0.2, 0.25) is 5.91 Å². The Kier molecular flexibility index (Phi) is 3.72. The average molecular weight is 292 g/mol. The molecule has 0 bridgehead atoms. The molecule has 2 heterocycles. The van der Waals surface area contributed by atoms with Gasteiger partial charge in [0.05, 0.1) is 12.1 Å². The molecule has 7 heteroatoms. The number of nitrogens with zero attached hydrogens (tertiary/aromatic N) is 2. The summed E-state index contributed by atoms with van der Waals surface area (Å²) in [5.41, 5.74) is 1.61. The third-order valence-corrected chi connectivity index (χ3v) is 3.69. The minimum atomic E-state index is -0.731. The van der Waals surface area contributed by atoms with Crippen LogP contribution in [0.5, 0.6) is 0 Å². The van der Waals surface area contributed by atoms with Gasteiger partial charge in [-0.3, -0.25) is 9.89 Å². The molecule has 0 radical (unpaired) electrons. The first kappa shape index (κ1) is 13.8. The molecule has 3 rings (SSSR count). The number of alkyl halides is 1. The number of aromatic nitrogens is 3. The molecular weight excluding hydrogens is 275 g/mol. The molecule has 2 N–H and O–H groups in total. The first-order valence-electron chi connectivity index (χ1n) is 7.01. The summed E-state index contributed by atoms with van der Waals surface area (Å²) in [5, 5.41) is 13.3. The minimum Gasteiger partial charge on any atom is -0.361 e. The van der Waals surface area contributed by atoms with Gasteiger partial charge in [-0.1, -0.05) is 5.16 Å². The molecule has 1 fully saturated rings. The second kappa shape index (κ2) is 5.67. The molecular formula is C14H17FN4O2. The Labute approximate surface area is 121 Å². The van der Waals surface area contributed by atoms with E-state index in [2.05, 4.69) is 20.7 Å². The first-order chi connectivity index (χ1) is 10.1. The van der Waals surface area contributed by atoms with E-state index in [1.807, 2.05) is 0 Å². The standard InChI is InChI=1S/C14H17FN4O2/c1-8-4-11(21-19-8)6-14(20)16-13-7-12(17-18-13)9-2-3-10(15)5-9/h4,7,9-10H,2-3,5-6H2,1H3,(H2,16,17,18,20)/t9-,10-/m0/s1. The number of carbonyl (C=O) groups excluding carboxylic acids is 1. The number of hydrogen-bond acceptors (Lipinski definition) is 4. The smallest absolute Gasteiger partial charge is 0.233 e. The number of aromatic amines is 1. The normalized spacial score (nSPS) is 21.6. The summed E-state index contributed by atoms with van der Waals surface area (Å²) >= 11 is 0. The van der Waals surface area contributed by atoms with Gasteiger partial charge in [-0.25, -0.2) is 4.39 Å². The Morgan fingerprint density at radius 2 is 2.38 bits per heavy atom.